The molecule has 0 aromatic heterocycles. The molecule has 9 heteroatoms. The van der Waals surface area contributed by atoms with Gasteiger partial charge < -0.3 is 25.2 Å². The van der Waals surface area contributed by atoms with E-state index in [0.717, 1.165) is 5.56 Å². The molecule has 36 heavy (non-hydrogen) atoms. The number of hydrogen-bond acceptors (Lipinski definition) is 6. The molecule has 0 atom stereocenters. The SMILES string of the molecule is CCOc1cc(/C=C(/C#N)C(=O)Nc2ccc(O)cc2)c(Br)cc1OCC(=O)Nc1ccc(C)cc1. The molecule has 2 amide bonds. The van der Waals surface area contributed by atoms with Gasteiger partial charge in [0, 0.05) is 15.8 Å². The third kappa shape index (κ3) is 7.35. The first-order valence-corrected chi connectivity index (χ1v) is 11.8. The van der Waals surface area contributed by atoms with Crippen LogP contribution in [0.2, 0.25) is 0 Å². The summed E-state index contributed by atoms with van der Waals surface area (Å²) in [6.07, 6.45) is 1.41. The van der Waals surface area contributed by atoms with Gasteiger partial charge in [-0.15, -0.1) is 0 Å². The van der Waals surface area contributed by atoms with E-state index in [1.54, 1.807) is 31.2 Å². The summed E-state index contributed by atoms with van der Waals surface area (Å²) in [6, 6.07) is 18.4. The second-order valence-corrected chi connectivity index (χ2v) is 8.48. The summed E-state index contributed by atoms with van der Waals surface area (Å²) < 4.78 is 11.9. The summed E-state index contributed by atoms with van der Waals surface area (Å²) in [5.41, 5.74) is 2.54. The first kappa shape index (κ1) is 26.3. The molecule has 0 saturated carbocycles. The van der Waals surface area contributed by atoms with E-state index in [9.17, 15) is 20.0 Å². The Hall–Kier alpha value is -4.29. The highest BCUT2D eigenvalue weighted by Crippen LogP contribution is 2.35. The zero-order valence-electron chi connectivity index (χ0n) is 19.7. The molecule has 0 bridgehead atoms. The fraction of sp³-hybridized carbons (Fsp3) is 0.148. The number of phenolic OH excluding ortho intramolecular Hbond substituents is 1. The Bertz CT molecular complexity index is 1310. The molecular formula is C27H24BrN3O5. The maximum absolute atomic E-state index is 12.6. The number of nitriles is 1. The molecule has 0 fully saturated rings. The van der Waals surface area contributed by atoms with Crippen LogP contribution in [-0.2, 0) is 9.59 Å². The van der Waals surface area contributed by atoms with E-state index in [2.05, 4.69) is 26.6 Å². The van der Waals surface area contributed by atoms with Crippen LogP contribution < -0.4 is 20.1 Å². The summed E-state index contributed by atoms with van der Waals surface area (Å²) in [5, 5.41) is 24.3. The lowest BCUT2D eigenvalue weighted by atomic mass is 10.1. The minimum Gasteiger partial charge on any atom is -0.508 e. The number of amides is 2. The van der Waals surface area contributed by atoms with Gasteiger partial charge in [0.25, 0.3) is 11.8 Å². The van der Waals surface area contributed by atoms with E-state index in [4.69, 9.17) is 9.47 Å². The van der Waals surface area contributed by atoms with Crippen LogP contribution in [0, 0.1) is 18.3 Å². The normalized spacial score (nSPS) is 10.8. The van der Waals surface area contributed by atoms with Crippen LogP contribution in [0.4, 0.5) is 11.4 Å². The Kier molecular flexibility index (Phi) is 9.08. The first-order valence-electron chi connectivity index (χ1n) is 11.0. The Balaban J connectivity index is 1.76. The molecule has 0 heterocycles. The molecule has 3 rings (SSSR count). The highest BCUT2D eigenvalue weighted by molar-refractivity contribution is 9.10. The molecule has 0 spiro atoms. The number of hydrogen-bond donors (Lipinski definition) is 3. The number of nitrogens with one attached hydrogen (secondary N) is 2. The fourth-order valence-corrected chi connectivity index (χ4v) is 3.50. The van der Waals surface area contributed by atoms with Crippen LogP contribution in [0.1, 0.15) is 18.1 Å². The van der Waals surface area contributed by atoms with Crippen LogP contribution in [0.25, 0.3) is 6.08 Å². The van der Waals surface area contributed by atoms with E-state index >= 15 is 0 Å². The maximum atomic E-state index is 12.6. The van der Waals surface area contributed by atoms with Crippen molar-refractivity contribution >= 4 is 45.2 Å². The van der Waals surface area contributed by atoms with Crippen molar-refractivity contribution in [3.63, 3.8) is 0 Å². The lowest BCUT2D eigenvalue weighted by molar-refractivity contribution is -0.118. The highest BCUT2D eigenvalue weighted by Gasteiger charge is 2.15. The highest BCUT2D eigenvalue weighted by atomic mass is 79.9. The average molecular weight is 550 g/mol. The third-order valence-corrected chi connectivity index (χ3v) is 5.53. The Morgan fingerprint density at radius 2 is 1.61 bits per heavy atom. The number of nitrogens with zero attached hydrogens (tertiary/aromatic N) is 1. The van der Waals surface area contributed by atoms with Crippen molar-refractivity contribution in [1.29, 1.82) is 5.26 Å². The topological polar surface area (TPSA) is 121 Å². The monoisotopic (exact) mass is 549 g/mol. The van der Waals surface area contributed by atoms with Crippen molar-refractivity contribution < 1.29 is 24.2 Å². The standard InChI is InChI=1S/C27H24BrN3O5/c1-3-35-24-13-18(12-19(15-29)27(34)31-21-8-10-22(32)11-9-21)23(28)14-25(24)36-16-26(33)30-20-6-4-17(2)5-7-20/h4-14,32H,3,16H2,1-2H3,(H,30,33)(H,31,34)/b19-12-. The summed E-state index contributed by atoms with van der Waals surface area (Å²) in [5.74, 6) is -0.204. The van der Waals surface area contributed by atoms with Crippen molar-refractivity contribution in [2.45, 2.75) is 13.8 Å². The predicted octanol–water partition coefficient (Wildman–Crippen LogP) is 5.43. The number of aromatic hydroxyl groups is 1. The number of ether oxygens (including phenoxy) is 2. The number of carbonyl (C=O) groups excluding carboxylic acids is 2. The quantitative estimate of drug-likeness (QED) is 0.186. The minimum atomic E-state index is -0.610. The average Bonchev–Trinajstić information content (AvgIpc) is 2.86. The van der Waals surface area contributed by atoms with Crippen molar-refractivity contribution in [1.82, 2.24) is 0 Å². The molecule has 0 aliphatic heterocycles. The molecule has 0 aliphatic rings. The molecule has 3 N–H and O–H groups in total. The van der Waals surface area contributed by atoms with Crippen LogP contribution in [0.15, 0.2) is 70.7 Å². The van der Waals surface area contributed by atoms with Crippen molar-refractivity contribution in [3.05, 3.63) is 81.8 Å². The van der Waals surface area contributed by atoms with Gasteiger partial charge in [0.1, 0.15) is 17.4 Å². The smallest absolute Gasteiger partial charge is 0.266 e. The molecule has 0 saturated heterocycles. The number of halogens is 1. The van der Waals surface area contributed by atoms with Gasteiger partial charge in [-0.25, -0.2) is 0 Å². The molecular weight excluding hydrogens is 526 g/mol. The maximum Gasteiger partial charge on any atom is 0.266 e. The van der Waals surface area contributed by atoms with Gasteiger partial charge in [-0.2, -0.15) is 5.26 Å². The predicted molar refractivity (Wildman–Crippen MR) is 141 cm³/mol. The lowest BCUT2D eigenvalue weighted by Crippen LogP contribution is -2.20. The molecule has 0 aliphatic carbocycles. The number of aryl methyl sites for hydroxylation is 1. The van der Waals surface area contributed by atoms with Gasteiger partial charge in [0.15, 0.2) is 18.1 Å². The summed E-state index contributed by atoms with van der Waals surface area (Å²) >= 11 is 3.43. The van der Waals surface area contributed by atoms with E-state index in [1.165, 1.54) is 30.3 Å². The number of phenols is 1. The van der Waals surface area contributed by atoms with Crippen LogP contribution >= 0.6 is 15.9 Å². The van der Waals surface area contributed by atoms with Gasteiger partial charge in [0.2, 0.25) is 0 Å². The van der Waals surface area contributed by atoms with Crippen molar-refractivity contribution in [3.8, 4) is 23.3 Å². The summed E-state index contributed by atoms with van der Waals surface area (Å²) in [7, 11) is 0. The number of anilines is 2. The van der Waals surface area contributed by atoms with Crippen LogP contribution in [0.5, 0.6) is 17.2 Å². The van der Waals surface area contributed by atoms with E-state index in [-0.39, 0.29) is 23.8 Å². The molecule has 0 radical (unpaired) electrons. The second-order valence-electron chi connectivity index (χ2n) is 7.63. The van der Waals surface area contributed by atoms with E-state index in [1.807, 2.05) is 25.1 Å². The Morgan fingerprint density at radius 3 is 2.25 bits per heavy atom. The molecule has 3 aromatic rings. The summed E-state index contributed by atoms with van der Waals surface area (Å²) in [4.78, 5) is 24.9. The minimum absolute atomic E-state index is 0.0615. The van der Waals surface area contributed by atoms with Gasteiger partial charge in [0.05, 0.1) is 6.61 Å². The Morgan fingerprint density at radius 1 is 1.00 bits per heavy atom. The molecule has 0 unspecified atom stereocenters. The largest absolute Gasteiger partial charge is 0.508 e. The Labute approximate surface area is 217 Å². The zero-order chi connectivity index (χ0) is 26.1. The van der Waals surface area contributed by atoms with Crippen molar-refractivity contribution in [2.75, 3.05) is 23.8 Å². The zero-order valence-corrected chi connectivity index (χ0v) is 21.3. The van der Waals surface area contributed by atoms with Crippen LogP contribution in [-0.4, -0.2) is 30.1 Å². The van der Waals surface area contributed by atoms with Crippen molar-refractivity contribution in [2.24, 2.45) is 0 Å². The third-order valence-electron chi connectivity index (χ3n) is 4.85. The first-order chi connectivity index (χ1) is 17.3. The van der Waals surface area contributed by atoms with Gasteiger partial charge >= 0.3 is 0 Å². The van der Waals surface area contributed by atoms with Gasteiger partial charge in [-0.1, -0.05) is 33.6 Å². The lowest BCUT2D eigenvalue weighted by Gasteiger charge is -2.14. The number of benzene rings is 3. The van der Waals surface area contributed by atoms with Crippen LogP contribution in [0.3, 0.4) is 0 Å². The summed E-state index contributed by atoms with van der Waals surface area (Å²) in [6.45, 7) is 3.86. The molecule has 184 valence electrons. The number of rotatable bonds is 9. The van der Waals surface area contributed by atoms with Gasteiger partial charge in [-0.05, 0) is 74.0 Å². The van der Waals surface area contributed by atoms with E-state index < -0.39 is 5.91 Å². The van der Waals surface area contributed by atoms with Gasteiger partial charge in [-0.3, -0.25) is 9.59 Å². The molecule has 3 aromatic carbocycles. The fourth-order valence-electron chi connectivity index (χ4n) is 3.07. The number of carbonyl (C=O) groups is 2. The van der Waals surface area contributed by atoms with E-state index in [0.29, 0.717) is 39.5 Å². The molecule has 8 nitrogen and oxygen atoms in total. The second kappa shape index (κ2) is 12.4.